The zero-order chi connectivity index (χ0) is 23.4. The third-order valence-electron chi connectivity index (χ3n) is 8.89. The van der Waals surface area contributed by atoms with Gasteiger partial charge in [-0.2, -0.15) is 0 Å². The Balaban J connectivity index is 1.37. The number of benzene rings is 1. The molecule has 186 valence electrons. The van der Waals surface area contributed by atoms with Crippen LogP contribution in [0.2, 0.25) is 0 Å². The van der Waals surface area contributed by atoms with Crippen LogP contribution in [0.15, 0.2) is 18.2 Å². The van der Waals surface area contributed by atoms with Crippen molar-refractivity contribution in [3.05, 3.63) is 35.1 Å². The van der Waals surface area contributed by atoms with Crippen molar-refractivity contribution in [3.8, 4) is 0 Å². The minimum absolute atomic E-state index is 0.182. The molecule has 2 fully saturated rings. The minimum atomic E-state index is -4.71. The highest BCUT2D eigenvalue weighted by Gasteiger charge is 2.45. The highest BCUT2D eigenvalue weighted by molar-refractivity contribution is 5.33. The van der Waals surface area contributed by atoms with Crippen LogP contribution in [0.1, 0.15) is 108 Å². The number of ether oxygens (including phenoxy) is 1. The Morgan fingerprint density at radius 1 is 0.879 bits per heavy atom. The third-order valence-corrected chi connectivity index (χ3v) is 8.89. The van der Waals surface area contributed by atoms with Crippen molar-refractivity contribution in [3.63, 3.8) is 0 Å². The summed E-state index contributed by atoms with van der Waals surface area (Å²) in [6.07, 6.45) is 10.6. The molecule has 0 N–H and O–H groups in total. The van der Waals surface area contributed by atoms with Gasteiger partial charge in [0.1, 0.15) is 5.82 Å². The number of fused-ring (bicyclic) bond motifs is 2. The topological polar surface area (TPSA) is 9.23 Å². The van der Waals surface area contributed by atoms with Crippen molar-refractivity contribution < 1.29 is 22.3 Å². The molecule has 0 aliphatic heterocycles. The molecule has 33 heavy (non-hydrogen) atoms. The zero-order valence-corrected chi connectivity index (χ0v) is 20.0. The molecule has 3 aliphatic carbocycles. The van der Waals surface area contributed by atoms with Gasteiger partial charge in [-0.1, -0.05) is 57.9 Å². The highest BCUT2D eigenvalue weighted by atomic mass is 19.4. The Bertz CT molecular complexity index is 761. The van der Waals surface area contributed by atoms with Crippen LogP contribution in [0.5, 0.6) is 0 Å². The van der Waals surface area contributed by atoms with E-state index in [-0.39, 0.29) is 11.8 Å². The van der Waals surface area contributed by atoms with Crippen LogP contribution in [0.3, 0.4) is 0 Å². The average Bonchev–Trinajstić information content (AvgIpc) is 2.78. The molecule has 1 aromatic rings. The lowest BCUT2D eigenvalue weighted by molar-refractivity contribution is -0.354. The lowest BCUT2D eigenvalue weighted by atomic mass is 9.60. The first-order chi connectivity index (χ1) is 15.8. The van der Waals surface area contributed by atoms with Crippen LogP contribution < -0.4 is 0 Å². The molecule has 0 bridgehead atoms. The van der Waals surface area contributed by atoms with E-state index >= 15 is 0 Å². The van der Waals surface area contributed by atoms with Crippen LogP contribution in [-0.4, -0.2) is 6.36 Å². The average molecular weight is 469 g/mol. The van der Waals surface area contributed by atoms with E-state index in [0.29, 0.717) is 24.3 Å². The summed E-state index contributed by atoms with van der Waals surface area (Å²) in [5.41, 5.74) is 1.22. The molecule has 0 heterocycles. The number of rotatable bonds is 8. The van der Waals surface area contributed by atoms with Crippen molar-refractivity contribution in [2.75, 3.05) is 0 Å². The van der Waals surface area contributed by atoms with Gasteiger partial charge in [-0.3, -0.25) is 4.74 Å². The predicted octanol–water partition coefficient (Wildman–Crippen LogP) is 9.16. The van der Waals surface area contributed by atoms with Crippen LogP contribution in [0.25, 0.3) is 0 Å². The molecule has 0 radical (unpaired) electrons. The molecule has 0 amide bonds. The van der Waals surface area contributed by atoms with Crippen molar-refractivity contribution in [1.29, 1.82) is 0 Å². The van der Waals surface area contributed by atoms with E-state index < -0.39 is 18.3 Å². The molecule has 1 aromatic carbocycles. The summed E-state index contributed by atoms with van der Waals surface area (Å²) in [5.74, 6) is 1.79. The van der Waals surface area contributed by atoms with Gasteiger partial charge in [0.25, 0.3) is 0 Å². The molecule has 3 aliphatic rings. The van der Waals surface area contributed by atoms with E-state index in [9.17, 15) is 17.6 Å². The van der Waals surface area contributed by atoms with Gasteiger partial charge in [-0.05, 0) is 97.8 Å². The number of hydrogen-bond donors (Lipinski definition) is 0. The van der Waals surface area contributed by atoms with Crippen molar-refractivity contribution >= 4 is 0 Å². The van der Waals surface area contributed by atoms with Crippen molar-refractivity contribution in [2.45, 2.75) is 109 Å². The van der Waals surface area contributed by atoms with Crippen LogP contribution in [0.4, 0.5) is 17.6 Å². The molecule has 0 saturated heterocycles. The first-order valence-electron chi connectivity index (χ1n) is 13.4. The largest absolute Gasteiger partial charge is 0.523 e. The summed E-state index contributed by atoms with van der Waals surface area (Å²) in [6.45, 7) is 2.25. The summed E-state index contributed by atoms with van der Waals surface area (Å²) < 4.78 is 58.6. The van der Waals surface area contributed by atoms with Crippen molar-refractivity contribution in [2.24, 2.45) is 29.6 Å². The first kappa shape index (κ1) is 25.0. The Hall–Kier alpha value is -1.10. The molecule has 5 heteroatoms. The summed E-state index contributed by atoms with van der Waals surface area (Å²) in [7, 11) is 0. The minimum Gasteiger partial charge on any atom is -0.283 e. The Morgan fingerprint density at radius 2 is 1.61 bits per heavy atom. The monoisotopic (exact) mass is 468 g/mol. The number of aryl methyl sites for hydroxylation is 1. The molecule has 6 unspecified atom stereocenters. The van der Waals surface area contributed by atoms with E-state index in [1.54, 1.807) is 6.07 Å². The maximum atomic E-state index is 13.9. The normalized spacial score (nSPS) is 32.3. The second kappa shape index (κ2) is 11.1. The number of alkyl halides is 3. The Labute approximate surface area is 196 Å². The molecule has 0 spiro atoms. The molecule has 1 nitrogen and oxygen atoms in total. The molecule has 0 aromatic heterocycles. The van der Waals surface area contributed by atoms with Crippen molar-refractivity contribution in [1.82, 2.24) is 0 Å². The van der Waals surface area contributed by atoms with Gasteiger partial charge in [-0.15, -0.1) is 13.2 Å². The van der Waals surface area contributed by atoms with Gasteiger partial charge < -0.3 is 0 Å². The highest BCUT2D eigenvalue weighted by Crippen LogP contribution is 2.52. The fourth-order valence-corrected chi connectivity index (χ4v) is 7.25. The van der Waals surface area contributed by atoms with Gasteiger partial charge in [0, 0.05) is 0 Å². The van der Waals surface area contributed by atoms with Gasteiger partial charge in [0.2, 0.25) is 0 Å². The maximum absolute atomic E-state index is 13.9. The standard InChI is InChI=1S/C28H40F4O/c1-2-3-4-5-6-7-19-8-9-22-17-23(11-10-21(22)16-19)25-15-13-20-12-14-24(29)18-26(20)27(25)33-28(30,31)32/h12,14,18-19,21-23,25,27H,2-11,13,15-17H2,1H3. The lowest BCUT2D eigenvalue weighted by Gasteiger charge is -2.46. The van der Waals surface area contributed by atoms with Gasteiger partial charge in [0.15, 0.2) is 0 Å². The Kier molecular flexibility index (Phi) is 8.41. The van der Waals surface area contributed by atoms with E-state index in [2.05, 4.69) is 11.7 Å². The predicted molar refractivity (Wildman–Crippen MR) is 123 cm³/mol. The molecular formula is C28H40F4O. The summed E-state index contributed by atoms with van der Waals surface area (Å²) in [4.78, 5) is 0. The van der Waals surface area contributed by atoms with Crippen LogP contribution in [-0.2, 0) is 11.2 Å². The smallest absolute Gasteiger partial charge is 0.283 e. The fraction of sp³-hybridized carbons (Fsp3) is 0.786. The second-order valence-corrected chi connectivity index (χ2v) is 11.0. The van der Waals surface area contributed by atoms with E-state index in [4.69, 9.17) is 0 Å². The summed E-state index contributed by atoms with van der Waals surface area (Å²) >= 11 is 0. The molecule has 4 rings (SSSR count). The van der Waals surface area contributed by atoms with Gasteiger partial charge in [0.05, 0.1) is 6.10 Å². The third kappa shape index (κ3) is 6.52. The first-order valence-corrected chi connectivity index (χ1v) is 13.4. The fourth-order valence-electron chi connectivity index (χ4n) is 7.25. The zero-order valence-electron chi connectivity index (χ0n) is 20.0. The van der Waals surface area contributed by atoms with Gasteiger partial charge in [-0.25, -0.2) is 4.39 Å². The number of unbranched alkanes of at least 4 members (excludes halogenated alkanes) is 4. The van der Waals surface area contributed by atoms with Crippen LogP contribution >= 0.6 is 0 Å². The lowest BCUT2D eigenvalue weighted by Crippen LogP contribution is -2.38. The molecule has 6 atom stereocenters. The second-order valence-electron chi connectivity index (χ2n) is 11.0. The molecular weight excluding hydrogens is 428 g/mol. The number of halogens is 4. The molecule has 2 saturated carbocycles. The quantitative estimate of drug-likeness (QED) is 0.273. The van der Waals surface area contributed by atoms with E-state index in [0.717, 1.165) is 36.7 Å². The Morgan fingerprint density at radius 3 is 2.39 bits per heavy atom. The van der Waals surface area contributed by atoms with E-state index in [1.165, 1.54) is 69.9 Å². The summed E-state index contributed by atoms with van der Waals surface area (Å²) in [5, 5.41) is 0. The van der Waals surface area contributed by atoms with Crippen LogP contribution in [0, 0.1) is 35.4 Å². The van der Waals surface area contributed by atoms with E-state index in [1.807, 2.05) is 0 Å². The van der Waals surface area contributed by atoms with Gasteiger partial charge >= 0.3 is 6.36 Å². The number of hydrogen-bond acceptors (Lipinski definition) is 1. The SMILES string of the molecule is CCCCCCCC1CCC2CC(C3CCc4ccc(F)cc4C3OC(F)(F)F)CCC2C1. The maximum Gasteiger partial charge on any atom is 0.523 e. The summed E-state index contributed by atoms with van der Waals surface area (Å²) in [6, 6.07) is 4.25.